The maximum absolute atomic E-state index is 13.3. The predicted molar refractivity (Wildman–Crippen MR) is 126 cm³/mol. The van der Waals surface area contributed by atoms with Crippen LogP contribution in [0.1, 0.15) is 36.3 Å². The van der Waals surface area contributed by atoms with Crippen molar-refractivity contribution in [2.45, 2.75) is 37.6 Å². The SMILES string of the molecule is COc1ccc2cc1Oc1cc(ccc1O)CCC(=O)N[C@@H]1CN(C(=O)C3CCNCC3)C[C@@H]21. The molecular formula is C26H31N3O5. The summed E-state index contributed by atoms with van der Waals surface area (Å²) in [7, 11) is 1.57. The second kappa shape index (κ2) is 9.54. The molecule has 2 atom stereocenters. The first-order valence-electron chi connectivity index (χ1n) is 12.0. The summed E-state index contributed by atoms with van der Waals surface area (Å²) in [6.07, 6.45) is 2.53. The van der Waals surface area contributed by atoms with Crippen molar-refractivity contribution in [1.82, 2.24) is 15.5 Å². The lowest BCUT2D eigenvalue weighted by atomic mass is 9.93. The number of nitrogens with zero attached hydrogens (tertiary/aromatic N) is 1. The van der Waals surface area contributed by atoms with Crippen LogP contribution in [-0.4, -0.2) is 61.2 Å². The molecule has 2 amide bonds. The van der Waals surface area contributed by atoms with E-state index in [1.807, 2.05) is 23.1 Å². The fourth-order valence-electron chi connectivity index (χ4n) is 5.25. The number of aryl methyl sites for hydroxylation is 1. The third-order valence-corrected chi connectivity index (χ3v) is 7.17. The Morgan fingerprint density at radius 2 is 1.91 bits per heavy atom. The largest absolute Gasteiger partial charge is 0.504 e. The molecule has 3 aliphatic rings. The van der Waals surface area contributed by atoms with Gasteiger partial charge in [0.15, 0.2) is 23.0 Å². The van der Waals surface area contributed by atoms with Gasteiger partial charge in [0.1, 0.15) is 0 Å². The summed E-state index contributed by atoms with van der Waals surface area (Å²) in [5.74, 6) is 1.46. The van der Waals surface area contributed by atoms with Crippen molar-refractivity contribution in [3.8, 4) is 23.0 Å². The lowest BCUT2D eigenvalue weighted by Crippen LogP contribution is -2.43. The second-order valence-electron chi connectivity index (χ2n) is 9.36. The molecule has 3 N–H and O–H groups in total. The number of likely N-dealkylation sites (tertiary alicyclic amines) is 1. The standard InChI is InChI=1S/C26H31N3O5/c1-33-22-6-4-18-13-24(22)34-23-12-16(2-5-21(23)30)3-7-25(31)28-20-15-29(14-19(18)20)26(32)17-8-10-27-11-9-17/h2,4-6,12-13,17,19-20,27,30H,3,7-11,14-15H2,1H3,(H,28,31)/t19-,20+/m0/s1. The number of aromatic hydroxyl groups is 1. The van der Waals surface area contributed by atoms with Crippen LogP contribution in [0.25, 0.3) is 0 Å². The van der Waals surface area contributed by atoms with E-state index in [1.165, 1.54) is 0 Å². The summed E-state index contributed by atoms with van der Waals surface area (Å²) < 4.78 is 11.6. The molecule has 2 fully saturated rings. The van der Waals surface area contributed by atoms with Crippen LogP contribution < -0.4 is 20.1 Å². The highest BCUT2D eigenvalue weighted by molar-refractivity contribution is 5.80. The Morgan fingerprint density at radius 3 is 2.71 bits per heavy atom. The molecule has 3 heterocycles. The van der Waals surface area contributed by atoms with Crippen molar-refractivity contribution < 1.29 is 24.2 Å². The smallest absolute Gasteiger partial charge is 0.225 e. The number of ether oxygens (including phenoxy) is 2. The number of piperidine rings is 1. The minimum atomic E-state index is -0.184. The number of benzene rings is 2. The molecule has 4 bridgehead atoms. The van der Waals surface area contributed by atoms with E-state index < -0.39 is 0 Å². The first kappa shape index (κ1) is 22.5. The number of rotatable bonds is 2. The molecular weight excluding hydrogens is 434 g/mol. The minimum absolute atomic E-state index is 0.0213. The third kappa shape index (κ3) is 4.55. The van der Waals surface area contributed by atoms with Gasteiger partial charge in [-0.15, -0.1) is 0 Å². The summed E-state index contributed by atoms with van der Waals surface area (Å²) in [5.41, 5.74) is 1.85. The van der Waals surface area contributed by atoms with Gasteiger partial charge in [-0.05, 0) is 67.7 Å². The summed E-state index contributed by atoms with van der Waals surface area (Å²) in [6.45, 7) is 2.76. The average molecular weight is 466 g/mol. The molecule has 0 aliphatic carbocycles. The van der Waals surface area contributed by atoms with E-state index in [9.17, 15) is 14.7 Å². The van der Waals surface area contributed by atoms with Gasteiger partial charge in [0.25, 0.3) is 0 Å². The number of nitrogens with one attached hydrogen (secondary N) is 2. The molecule has 8 nitrogen and oxygen atoms in total. The van der Waals surface area contributed by atoms with Crippen LogP contribution in [-0.2, 0) is 16.0 Å². The number of carbonyl (C=O) groups excluding carboxylic acids is 2. The zero-order chi connectivity index (χ0) is 23.7. The van der Waals surface area contributed by atoms with Crippen LogP contribution in [0.3, 0.4) is 0 Å². The fourth-order valence-corrected chi connectivity index (χ4v) is 5.25. The molecule has 8 heteroatoms. The van der Waals surface area contributed by atoms with Gasteiger partial charge in [-0.1, -0.05) is 12.1 Å². The third-order valence-electron chi connectivity index (χ3n) is 7.17. The van der Waals surface area contributed by atoms with Crippen LogP contribution in [0, 0.1) is 5.92 Å². The van der Waals surface area contributed by atoms with Crippen molar-refractivity contribution in [2.75, 3.05) is 33.3 Å². The molecule has 0 saturated carbocycles. The number of hydrogen-bond donors (Lipinski definition) is 3. The van der Waals surface area contributed by atoms with Gasteiger partial charge in [-0.25, -0.2) is 0 Å². The summed E-state index contributed by atoms with van der Waals surface area (Å²) in [4.78, 5) is 28.1. The quantitative estimate of drug-likeness (QED) is 0.630. The van der Waals surface area contributed by atoms with Crippen molar-refractivity contribution in [2.24, 2.45) is 5.92 Å². The van der Waals surface area contributed by atoms with Crippen LogP contribution in [0.2, 0.25) is 0 Å². The predicted octanol–water partition coefficient (Wildman–Crippen LogP) is 2.55. The Labute approximate surface area is 199 Å². The van der Waals surface area contributed by atoms with E-state index in [0.29, 0.717) is 43.2 Å². The first-order chi connectivity index (χ1) is 16.5. The normalized spacial score (nSPS) is 23.0. The monoisotopic (exact) mass is 465 g/mol. The molecule has 180 valence electrons. The summed E-state index contributed by atoms with van der Waals surface area (Å²) in [6, 6.07) is 10.6. The van der Waals surface area contributed by atoms with Gasteiger partial charge in [0.2, 0.25) is 11.8 Å². The van der Waals surface area contributed by atoms with Crippen LogP contribution in [0.5, 0.6) is 23.0 Å². The Balaban J connectivity index is 1.49. The minimum Gasteiger partial charge on any atom is -0.504 e. The van der Waals surface area contributed by atoms with E-state index in [0.717, 1.165) is 37.1 Å². The fraction of sp³-hybridized carbons (Fsp3) is 0.462. The number of methoxy groups -OCH3 is 1. The highest BCUT2D eigenvalue weighted by atomic mass is 16.5. The molecule has 34 heavy (non-hydrogen) atoms. The van der Waals surface area contributed by atoms with Crippen LogP contribution >= 0.6 is 0 Å². The van der Waals surface area contributed by atoms with E-state index in [-0.39, 0.29) is 35.4 Å². The van der Waals surface area contributed by atoms with Gasteiger partial charge < -0.3 is 30.1 Å². The number of hydrogen-bond acceptors (Lipinski definition) is 6. The molecule has 0 aromatic heterocycles. The molecule has 2 aromatic rings. The van der Waals surface area contributed by atoms with E-state index >= 15 is 0 Å². The number of fused-ring (bicyclic) bond motifs is 6. The van der Waals surface area contributed by atoms with Crippen molar-refractivity contribution >= 4 is 11.8 Å². The van der Waals surface area contributed by atoms with E-state index in [2.05, 4.69) is 10.6 Å². The molecule has 0 spiro atoms. The number of phenols is 1. The van der Waals surface area contributed by atoms with E-state index in [1.54, 1.807) is 25.3 Å². The number of carbonyl (C=O) groups is 2. The van der Waals surface area contributed by atoms with Crippen LogP contribution in [0.15, 0.2) is 36.4 Å². The number of phenolic OH excluding ortho intramolecular Hbond substituents is 1. The van der Waals surface area contributed by atoms with E-state index in [4.69, 9.17) is 9.47 Å². The van der Waals surface area contributed by atoms with Gasteiger partial charge in [-0.3, -0.25) is 9.59 Å². The maximum Gasteiger partial charge on any atom is 0.225 e. The molecule has 0 radical (unpaired) electrons. The maximum atomic E-state index is 13.3. The van der Waals surface area contributed by atoms with Crippen LogP contribution in [0.4, 0.5) is 0 Å². The summed E-state index contributed by atoms with van der Waals surface area (Å²) in [5, 5.41) is 16.9. The van der Waals surface area contributed by atoms with Crippen molar-refractivity contribution in [3.63, 3.8) is 0 Å². The Morgan fingerprint density at radius 1 is 1.09 bits per heavy atom. The van der Waals surface area contributed by atoms with Gasteiger partial charge in [0.05, 0.1) is 13.2 Å². The topological polar surface area (TPSA) is 100 Å². The zero-order valence-electron chi connectivity index (χ0n) is 19.4. The van der Waals surface area contributed by atoms with Gasteiger partial charge >= 0.3 is 0 Å². The molecule has 2 saturated heterocycles. The summed E-state index contributed by atoms with van der Waals surface area (Å²) >= 11 is 0. The van der Waals surface area contributed by atoms with Crippen molar-refractivity contribution in [3.05, 3.63) is 47.5 Å². The Bertz CT molecular complexity index is 1080. The second-order valence-corrected chi connectivity index (χ2v) is 9.36. The van der Waals surface area contributed by atoms with Gasteiger partial charge in [-0.2, -0.15) is 0 Å². The Hall–Kier alpha value is -3.26. The highest BCUT2D eigenvalue weighted by Crippen LogP contribution is 2.40. The highest BCUT2D eigenvalue weighted by Gasteiger charge is 2.39. The Kier molecular flexibility index (Phi) is 6.32. The molecule has 2 aromatic carbocycles. The molecule has 0 unspecified atom stereocenters. The zero-order valence-corrected chi connectivity index (χ0v) is 19.4. The van der Waals surface area contributed by atoms with Gasteiger partial charge in [0, 0.05) is 31.3 Å². The number of amides is 2. The molecule has 5 rings (SSSR count). The first-order valence-corrected chi connectivity index (χ1v) is 12.0. The lowest BCUT2D eigenvalue weighted by molar-refractivity contribution is -0.135. The molecule has 3 aliphatic heterocycles. The lowest BCUT2D eigenvalue weighted by Gasteiger charge is -2.26. The van der Waals surface area contributed by atoms with Crippen molar-refractivity contribution in [1.29, 1.82) is 0 Å². The average Bonchev–Trinajstić information content (AvgIpc) is 3.27.